The van der Waals surface area contributed by atoms with Crippen LogP contribution in [0.1, 0.15) is 54.1 Å². The number of hydrogen-bond acceptors (Lipinski definition) is 6. The zero-order valence-electron chi connectivity index (χ0n) is 13.2. The first-order valence-electron chi connectivity index (χ1n) is 8.35. The lowest BCUT2D eigenvalue weighted by Crippen LogP contribution is -2.38. The summed E-state index contributed by atoms with van der Waals surface area (Å²) in [6.07, 6.45) is 4.98. The number of ether oxygens (including phenoxy) is 1. The third kappa shape index (κ3) is 3.67. The summed E-state index contributed by atoms with van der Waals surface area (Å²) in [5, 5.41) is 6.41. The molecule has 122 valence electrons. The minimum atomic E-state index is -0.300. The van der Waals surface area contributed by atoms with Crippen molar-refractivity contribution < 1.29 is 9.53 Å². The van der Waals surface area contributed by atoms with E-state index in [1.807, 2.05) is 12.3 Å². The van der Waals surface area contributed by atoms with Crippen molar-refractivity contribution in [2.75, 3.05) is 32.8 Å². The average Bonchev–Trinajstić information content (AvgIpc) is 3.17. The lowest BCUT2D eigenvalue weighted by Gasteiger charge is -2.30. The summed E-state index contributed by atoms with van der Waals surface area (Å²) in [5.74, 6) is 0.449. The van der Waals surface area contributed by atoms with Gasteiger partial charge in [-0.2, -0.15) is 0 Å². The molecule has 22 heavy (non-hydrogen) atoms. The Morgan fingerprint density at radius 2 is 2.41 bits per heavy atom. The number of rotatable bonds is 5. The minimum Gasteiger partial charge on any atom is -0.461 e. The topological polar surface area (TPSA) is 54.5 Å². The van der Waals surface area contributed by atoms with E-state index in [1.165, 1.54) is 19.3 Å². The molecule has 1 aromatic heterocycles. The van der Waals surface area contributed by atoms with Crippen LogP contribution in [0.4, 0.5) is 0 Å². The number of piperidine rings is 1. The Balaban J connectivity index is 1.63. The predicted molar refractivity (Wildman–Crippen MR) is 87.2 cm³/mol. The highest BCUT2D eigenvalue weighted by atomic mass is 32.1. The van der Waals surface area contributed by atoms with E-state index in [2.05, 4.69) is 15.2 Å². The van der Waals surface area contributed by atoms with Gasteiger partial charge in [0, 0.05) is 11.9 Å². The molecule has 1 aromatic rings. The second-order valence-electron chi connectivity index (χ2n) is 6.16. The molecule has 0 aromatic carbocycles. The van der Waals surface area contributed by atoms with E-state index < -0.39 is 0 Å². The van der Waals surface area contributed by atoms with Crippen LogP contribution in [0.25, 0.3) is 0 Å². The van der Waals surface area contributed by atoms with E-state index in [0.29, 0.717) is 18.3 Å². The Bertz CT molecular complexity index is 499. The molecule has 0 radical (unpaired) electrons. The highest BCUT2D eigenvalue weighted by Crippen LogP contribution is 2.34. The molecule has 2 fully saturated rings. The number of nitrogens with zero attached hydrogens (tertiary/aromatic N) is 2. The summed E-state index contributed by atoms with van der Waals surface area (Å²) in [4.78, 5) is 18.9. The molecule has 0 bridgehead atoms. The summed E-state index contributed by atoms with van der Waals surface area (Å²) in [5.41, 5.74) is 0.466. The van der Waals surface area contributed by atoms with Gasteiger partial charge >= 0.3 is 5.97 Å². The zero-order chi connectivity index (χ0) is 15.4. The van der Waals surface area contributed by atoms with Gasteiger partial charge in [0.25, 0.3) is 0 Å². The van der Waals surface area contributed by atoms with E-state index in [0.717, 1.165) is 43.5 Å². The van der Waals surface area contributed by atoms with Gasteiger partial charge in [-0.3, -0.25) is 4.90 Å². The Hall–Kier alpha value is -0.980. The quantitative estimate of drug-likeness (QED) is 0.844. The Morgan fingerprint density at radius 1 is 1.50 bits per heavy atom. The van der Waals surface area contributed by atoms with E-state index in [4.69, 9.17) is 4.74 Å². The van der Waals surface area contributed by atoms with Crippen molar-refractivity contribution in [3.8, 4) is 0 Å². The van der Waals surface area contributed by atoms with Crippen molar-refractivity contribution >= 4 is 17.3 Å². The van der Waals surface area contributed by atoms with E-state index >= 15 is 0 Å². The van der Waals surface area contributed by atoms with E-state index in [1.54, 1.807) is 11.3 Å². The normalized spacial score (nSPS) is 26.2. The Kier molecular flexibility index (Phi) is 5.44. The maximum absolute atomic E-state index is 11.8. The number of likely N-dealkylation sites (tertiary alicyclic amines) is 1. The van der Waals surface area contributed by atoms with Crippen LogP contribution in [-0.2, 0) is 4.74 Å². The summed E-state index contributed by atoms with van der Waals surface area (Å²) in [7, 11) is 0. The summed E-state index contributed by atoms with van der Waals surface area (Å²) in [6.45, 7) is 6.81. The number of hydrogen-bond donors (Lipinski definition) is 1. The fourth-order valence-electron chi connectivity index (χ4n) is 3.48. The van der Waals surface area contributed by atoms with Crippen LogP contribution in [-0.4, -0.2) is 48.6 Å². The fraction of sp³-hybridized carbons (Fsp3) is 0.750. The molecule has 2 aliphatic rings. The second kappa shape index (κ2) is 7.53. The fourth-order valence-corrected chi connectivity index (χ4v) is 4.43. The Morgan fingerprint density at radius 3 is 3.18 bits per heavy atom. The van der Waals surface area contributed by atoms with Crippen LogP contribution in [0.5, 0.6) is 0 Å². The maximum atomic E-state index is 11.8. The number of carbonyl (C=O) groups is 1. The number of esters is 1. The smallest absolute Gasteiger partial charge is 0.357 e. The third-order valence-corrected chi connectivity index (χ3v) is 5.49. The largest absolute Gasteiger partial charge is 0.461 e. The average molecular weight is 323 g/mol. The van der Waals surface area contributed by atoms with Crippen LogP contribution >= 0.6 is 11.3 Å². The molecule has 1 N–H and O–H groups in total. The van der Waals surface area contributed by atoms with Crippen LogP contribution in [0.15, 0.2) is 5.38 Å². The summed E-state index contributed by atoms with van der Waals surface area (Å²) in [6, 6.07) is 0.384. The molecular weight excluding hydrogens is 298 g/mol. The molecule has 3 heterocycles. The second-order valence-corrected chi connectivity index (χ2v) is 7.05. The lowest BCUT2D eigenvalue weighted by atomic mass is 9.99. The van der Waals surface area contributed by atoms with Gasteiger partial charge in [0.15, 0.2) is 5.69 Å². The summed E-state index contributed by atoms with van der Waals surface area (Å²) < 4.78 is 5.04. The molecule has 0 saturated carbocycles. The number of thiazole rings is 1. The van der Waals surface area contributed by atoms with Gasteiger partial charge in [-0.05, 0) is 58.2 Å². The van der Waals surface area contributed by atoms with Crippen molar-refractivity contribution in [1.29, 1.82) is 0 Å². The van der Waals surface area contributed by atoms with Crippen molar-refractivity contribution in [3.63, 3.8) is 0 Å². The van der Waals surface area contributed by atoms with Crippen LogP contribution in [0.2, 0.25) is 0 Å². The highest BCUT2D eigenvalue weighted by molar-refractivity contribution is 7.09. The molecule has 0 aliphatic carbocycles. The van der Waals surface area contributed by atoms with Gasteiger partial charge in [0.1, 0.15) is 5.01 Å². The van der Waals surface area contributed by atoms with Gasteiger partial charge in [-0.25, -0.2) is 9.78 Å². The standard InChI is InChI=1S/C16H25N3O2S/c1-2-21-16(20)13-11-22-15(18-13)14-6-4-8-19(14)10-12-5-3-7-17-9-12/h11-12,14,17H,2-10H2,1H3. The van der Waals surface area contributed by atoms with E-state index in [9.17, 15) is 4.79 Å². The summed E-state index contributed by atoms with van der Waals surface area (Å²) >= 11 is 1.60. The SMILES string of the molecule is CCOC(=O)c1csc(C2CCCN2CC2CCCNC2)n1. The number of carbonyl (C=O) groups excluding carboxylic acids is 1. The zero-order valence-corrected chi connectivity index (χ0v) is 14.0. The van der Waals surface area contributed by atoms with Crippen LogP contribution in [0.3, 0.4) is 0 Å². The minimum absolute atomic E-state index is 0.300. The van der Waals surface area contributed by atoms with Gasteiger partial charge in [-0.15, -0.1) is 11.3 Å². The molecule has 2 aliphatic heterocycles. The molecule has 2 atom stereocenters. The molecule has 2 saturated heterocycles. The third-order valence-electron chi connectivity index (χ3n) is 4.55. The first-order valence-corrected chi connectivity index (χ1v) is 9.23. The number of nitrogens with one attached hydrogen (secondary N) is 1. The lowest BCUT2D eigenvalue weighted by molar-refractivity contribution is 0.0520. The van der Waals surface area contributed by atoms with Crippen molar-refractivity contribution in [3.05, 3.63) is 16.1 Å². The molecule has 2 unspecified atom stereocenters. The predicted octanol–water partition coefficient (Wildman–Crippen LogP) is 2.46. The van der Waals surface area contributed by atoms with Crippen molar-refractivity contribution in [2.45, 2.75) is 38.6 Å². The molecule has 0 amide bonds. The number of aromatic nitrogens is 1. The first kappa shape index (κ1) is 15.9. The molecule has 0 spiro atoms. The molecule has 3 rings (SSSR count). The molecule has 6 heteroatoms. The van der Waals surface area contributed by atoms with E-state index in [-0.39, 0.29) is 5.97 Å². The van der Waals surface area contributed by atoms with Gasteiger partial charge in [0.05, 0.1) is 12.6 Å². The molecular formula is C16H25N3O2S. The monoisotopic (exact) mass is 323 g/mol. The van der Waals surface area contributed by atoms with Crippen LogP contribution < -0.4 is 5.32 Å². The maximum Gasteiger partial charge on any atom is 0.357 e. The van der Waals surface area contributed by atoms with Gasteiger partial charge < -0.3 is 10.1 Å². The van der Waals surface area contributed by atoms with Crippen molar-refractivity contribution in [2.24, 2.45) is 5.92 Å². The van der Waals surface area contributed by atoms with Gasteiger partial charge in [0.2, 0.25) is 0 Å². The van der Waals surface area contributed by atoms with Crippen molar-refractivity contribution in [1.82, 2.24) is 15.2 Å². The Labute approximate surface area is 136 Å². The van der Waals surface area contributed by atoms with Gasteiger partial charge in [-0.1, -0.05) is 0 Å². The first-order chi connectivity index (χ1) is 10.8. The molecule has 5 nitrogen and oxygen atoms in total. The highest BCUT2D eigenvalue weighted by Gasteiger charge is 2.31. The van der Waals surface area contributed by atoms with Crippen LogP contribution in [0, 0.1) is 5.92 Å².